The van der Waals surface area contributed by atoms with Gasteiger partial charge in [0.15, 0.2) is 5.75 Å². The summed E-state index contributed by atoms with van der Waals surface area (Å²) in [4.78, 5) is 10.3. The van der Waals surface area contributed by atoms with E-state index in [0.29, 0.717) is 19.4 Å². The number of hydrogen-bond donors (Lipinski definition) is 0. The summed E-state index contributed by atoms with van der Waals surface area (Å²) in [6, 6.07) is 6.61. The smallest absolute Gasteiger partial charge is 0.310 e. The Morgan fingerprint density at radius 2 is 2.22 bits per heavy atom. The van der Waals surface area contributed by atoms with Gasteiger partial charge >= 0.3 is 5.69 Å². The van der Waals surface area contributed by atoms with E-state index < -0.39 is 4.92 Å². The molecule has 0 aromatic heterocycles. The SMILES string of the molecule is N#CCCCCOc1cc(CCl)ccc1[N+](=O)[O-]. The maximum Gasteiger partial charge on any atom is 0.310 e. The number of halogens is 1. The van der Waals surface area contributed by atoms with Crippen molar-refractivity contribution < 1.29 is 9.66 Å². The van der Waals surface area contributed by atoms with Crippen LogP contribution in [0.25, 0.3) is 0 Å². The van der Waals surface area contributed by atoms with Crippen molar-refractivity contribution in [3.8, 4) is 11.8 Å². The molecule has 0 saturated carbocycles. The largest absolute Gasteiger partial charge is 0.487 e. The molecule has 0 radical (unpaired) electrons. The molecule has 1 rings (SSSR count). The van der Waals surface area contributed by atoms with Crippen LogP contribution in [0.4, 0.5) is 5.69 Å². The Balaban J connectivity index is 2.66. The van der Waals surface area contributed by atoms with E-state index in [1.54, 1.807) is 12.1 Å². The minimum Gasteiger partial charge on any atom is -0.487 e. The van der Waals surface area contributed by atoms with E-state index in [-0.39, 0.29) is 17.3 Å². The monoisotopic (exact) mass is 268 g/mol. The van der Waals surface area contributed by atoms with Crippen molar-refractivity contribution >= 4 is 17.3 Å². The van der Waals surface area contributed by atoms with Crippen molar-refractivity contribution in [2.24, 2.45) is 0 Å². The zero-order valence-corrected chi connectivity index (χ0v) is 10.5. The van der Waals surface area contributed by atoms with E-state index in [1.165, 1.54) is 6.07 Å². The summed E-state index contributed by atoms with van der Waals surface area (Å²) in [6.45, 7) is 0.355. The third-order valence-electron chi connectivity index (χ3n) is 2.32. The molecule has 18 heavy (non-hydrogen) atoms. The van der Waals surface area contributed by atoms with Crippen LogP contribution >= 0.6 is 11.6 Å². The number of nitriles is 1. The molecule has 96 valence electrons. The molecule has 5 nitrogen and oxygen atoms in total. The van der Waals surface area contributed by atoms with Gasteiger partial charge in [-0.15, -0.1) is 11.6 Å². The molecule has 0 aliphatic carbocycles. The number of alkyl halides is 1. The Hall–Kier alpha value is -1.80. The molecule has 0 aliphatic rings. The number of unbranched alkanes of at least 4 members (excludes halogenated alkanes) is 2. The molecule has 0 heterocycles. The normalized spacial score (nSPS) is 9.78. The first-order valence-electron chi connectivity index (χ1n) is 5.52. The standard InChI is InChI=1S/C12H13ClN2O3/c13-9-10-4-5-11(15(16)17)12(8-10)18-7-3-1-2-6-14/h4-5,8H,1-3,7,9H2. The fourth-order valence-corrected chi connectivity index (χ4v) is 1.56. The quantitative estimate of drug-likeness (QED) is 0.329. The van der Waals surface area contributed by atoms with Crippen molar-refractivity contribution in [2.75, 3.05) is 6.61 Å². The minimum absolute atomic E-state index is 0.0656. The fraction of sp³-hybridized carbons (Fsp3) is 0.417. The highest BCUT2D eigenvalue weighted by molar-refractivity contribution is 6.17. The Bertz CT molecular complexity index is 457. The molecule has 1 aromatic rings. The Labute approximate surface area is 110 Å². The van der Waals surface area contributed by atoms with Crippen molar-refractivity contribution in [2.45, 2.75) is 25.1 Å². The average molecular weight is 269 g/mol. The summed E-state index contributed by atoms with van der Waals surface area (Å²) in [5, 5.41) is 19.2. The van der Waals surface area contributed by atoms with Crippen LogP contribution in [0, 0.1) is 21.4 Å². The summed E-state index contributed by atoms with van der Waals surface area (Å²) in [5.41, 5.74) is 0.707. The van der Waals surface area contributed by atoms with E-state index in [2.05, 4.69) is 0 Å². The minimum atomic E-state index is -0.484. The molecular weight excluding hydrogens is 256 g/mol. The van der Waals surface area contributed by atoms with Crippen LogP contribution in [0.15, 0.2) is 18.2 Å². The number of hydrogen-bond acceptors (Lipinski definition) is 4. The summed E-state index contributed by atoms with van der Waals surface area (Å²) >= 11 is 5.67. The van der Waals surface area contributed by atoms with Crippen LogP contribution < -0.4 is 4.74 Å². The van der Waals surface area contributed by atoms with Crippen LogP contribution in [0.5, 0.6) is 5.75 Å². The molecule has 6 heteroatoms. The van der Waals surface area contributed by atoms with Gasteiger partial charge < -0.3 is 4.74 Å². The molecule has 0 unspecified atom stereocenters. The Morgan fingerprint density at radius 1 is 1.44 bits per heavy atom. The van der Waals surface area contributed by atoms with Crippen molar-refractivity contribution in [3.05, 3.63) is 33.9 Å². The average Bonchev–Trinajstić information content (AvgIpc) is 2.38. The first-order chi connectivity index (χ1) is 8.69. The molecule has 0 fully saturated rings. The molecule has 0 aliphatic heterocycles. The highest BCUT2D eigenvalue weighted by Gasteiger charge is 2.15. The Morgan fingerprint density at radius 3 is 2.83 bits per heavy atom. The van der Waals surface area contributed by atoms with E-state index in [0.717, 1.165) is 12.0 Å². The molecule has 0 amide bonds. The molecule has 1 aromatic carbocycles. The van der Waals surface area contributed by atoms with E-state index in [1.807, 2.05) is 6.07 Å². The van der Waals surface area contributed by atoms with Gasteiger partial charge in [-0.1, -0.05) is 6.07 Å². The maximum absolute atomic E-state index is 10.8. The lowest BCUT2D eigenvalue weighted by atomic mass is 10.2. The second kappa shape index (κ2) is 7.51. The number of rotatable bonds is 7. The predicted octanol–water partition coefficient (Wildman–Crippen LogP) is 3.41. The molecule has 0 bridgehead atoms. The van der Waals surface area contributed by atoms with Crippen LogP contribution in [-0.2, 0) is 5.88 Å². The maximum atomic E-state index is 10.8. The highest BCUT2D eigenvalue weighted by atomic mass is 35.5. The van der Waals surface area contributed by atoms with Crippen molar-refractivity contribution in [1.29, 1.82) is 5.26 Å². The van der Waals surface area contributed by atoms with E-state index >= 15 is 0 Å². The lowest BCUT2D eigenvalue weighted by Gasteiger charge is -2.07. The molecule has 0 saturated heterocycles. The lowest BCUT2D eigenvalue weighted by molar-refractivity contribution is -0.385. The third-order valence-corrected chi connectivity index (χ3v) is 2.62. The van der Waals surface area contributed by atoms with E-state index in [4.69, 9.17) is 21.6 Å². The number of ether oxygens (including phenoxy) is 1. The van der Waals surface area contributed by atoms with Crippen LogP contribution in [0.2, 0.25) is 0 Å². The summed E-state index contributed by atoms with van der Waals surface area (Å²) in [7, 11) is 0. The van der Waals surface area contributed by atoms with Crippen molar-refractivity contribution in [1.82, 2.24) is 0 Å². The molecule has 0 spiro atoms. The van der Waals surface area contributed by atoms with Crippen molar-refractivity contribution in [3.63, 3.8) is 0 Å². The van der Waals surface area contributed by atoms with Crippen LogP contribution in [0.3, 0.4) is 0 Å². The van der Waals surface area contributed by atoms with Gasteiger partial charge in [0.1, 0.15) is 0 Å². The summed E-state index contributed by atoms with van der Waals surface area (Å²) in [6.07, 6.45) is 1.88. The van der Waals surface area contributed by atoms with Gasteiger partial charge in [-0.3, -0.25) is 10.1 Å². The van der Waals surface area contributed by atoms with Gasteiger partial charge in [-0.05, 0) is 24.5 Å². The van der Waals surface area contributed by atoms with Gasteiger partial charge in [0.25, 0.3) is 0 Å². The van der Waals surface area contributed by atoms with Crippen LogP contribution in [-0.4, -0.2) is 11.5 Å². The summed E-state index contributed by atoms with van der Waals surface area (Å²) < 4.78 is 5.38. The van der Waals surface area contributed by atoms with Gasteiger partial charge in [0.05, 0.1) is 17.6 Å². The topological polar surface area (TPSA) is 76.2 Å². The highest BCUT2D eigenvalue weighted by Crippen LogP contribution is 2.28. The van der Waals surface area contributed by atoms with Gasteiger partial charge in [0, 0.05) is 18.4 Å². The lowest BCUT2D eigenvalue weighted by Crippen LogP contribution is -2.01. The molecule has 0 atom stereocenters. The fourth-order valence-electron chi connectivity index (χ4n) is 1.40. The molecular formula is C12H13ClN2O3. The number of nitro groups is 1. The zero-order chi connectivity index (χ0) is 13.4. The summed E-state index contributed by atoms with van der Waals surface area (Å²) in [5.74, 6) is 0.512. The first-order valence-corrected chi connectivity index (χ1v) is 6.05. The number of nitrogens with zero attached hydrogens (tertiary/aromatic N) is 2. The second-order valence-electron chi connectivity index (χ2n) is 3.66. The number of benzene rings is 1. The Kier molecular flexibility index (Phi) is 5.95. The second-order valence-corrected chi connectivity index (χ2v) is 3.92. The molecule has 0 N–H and O–H groups in total. The van der Waals surface area contributed by atoms with E-state index in [9.17, 15) is 10.1 Å². The third kappa shape index (κ3) is 4.22. The van der Waals surface area contributed by atoms with Gasteiger partial charge in [-0.2, -0.15) is 5.26 Å². The van der Waals surface area contributed by atoms with Crippen LogP contribution in [0.1, 0.15) is 24.8 Å². The first kappa shape index (κ1) is 14.3. The predicted molar refractivity (Wildman–Crippen MR) is 67.6 cm³/mol. The van der Waals surface area contributed by atoms with Gasteiger partial charge in [0.2, 0.25) is 0 Å². The number of nitro benzene ring substituents is 1. The van der Waals surface area contributed by atoms with Gasteiger partial charge in [-0.25, -0.2) is 0 Å². The zero-order valence-electron chi connectivity index (χ0n) is 9.76.